The van der Waals surface area contributed by atoms with E-state index >= 15 is 0 Å². The van der Waals surface area contributed by atoms with Crippen LogP contribution in [0.15, 0.2) is 42.6 Å². The largest absolute Gasteiger partial charge is 0.478 e. The Labute approximate surface area is 149 Å². The molecule has 5 nitrogen and oxygen atoms in total. The van der Waals surface area contributed by atoms with Gasteiger partial charge in [-0.25, -0.2) is 4.98 Å². The summed E-state index contributed by atoms with van der Waals surface area (Å²) < 4.78 is 5.57. The van der Waals surface area contributed by atoms with Crippen LogP contribution in [0.1, 0.15) is 43.9 Å². The van der Waals surface area contributed by atoms with Crippen LogP contribution >= 0.6 is 0 Å². The van der Waals surface area contributed by atoms with E-state index in [4.69, 9.17) is 4.74 Å². The summed E-state index contributed by atoms with van der Waals surface area (Å²) in [6, 6.07) is 12.4. The number of benzene rings is 1. The number of ether oxygens (including phenoxy) is 1. The van der Waals surface area contributed by atoms with Gasteiger partial charge in [-0.2, -0.15) is 0 Å². The molecule has 2 aromatic rings. The molecule has 5 heteroatoms. The van der Waals surface area contributed by atoms with E-state index in [1.54, 1.807) is 6.20 Å². The standard InChI is InChI=1S/C20H25N3O2/c1-3-25-20-17(6-4-12-21-20)14-22-15(2)16-8-10-18(11-9-16)23-13-5-7-19(23)24/h4,6,8-12,15,22H,3,5,7,13-14H2,1-2H3. The van der Waals surface area contributed by atoms with Crippen molar-refractivity contribution in [2.24, 2.45) is 0 Å². The minimum atomic E-state index is 0.193. The third-order valence-electron chi connectivity index (χ3n) is 4.51. The number of carbonyl (C=O) groups excluding carboxylic acids is 1. The Morgan fingerprint density at radius 1 is 1.28 bits per heavy atom. The van der Waals surface area contributed by atoms with Crippen molar-refractivity contribution in [3.05, 3.63) is 53.7 Å². The van der Waals surface area contributed by atoms with Gasteiger partial charge in [0.1, 0.15) is 0 Å². The van der Waals surface area contributed by atoms with E-state index < -0.39 is 0 Å². The first-order valence-corrected chi connectivity index (χ1v) is 8.89. The fourth-order valence-electron chi connectivity index (χ4n) is 3.07. The lowest BCUT2D eigenvalue weighted by Gasteiger charge is -2.19. The van der Waals surface area contributed by atoms with Crippen molar-refractivity contribution in [1.29, 1.82) is 0 Å². The number of nitrogens with zero attached hydrogens (tertiary/aromatic N) is 2. The molecule has 1 saturated heterocycles. The highest BCUT2D eigenvalue weighted by atomic mass is 16.5. The molecule has 0 bridgehead atoms. The third kappa shape index (κ3) is 4.17. The number of hydrogen-bond acceptors (Lipinski definition) is 4. The predicted molar refractivity (Wildman–Crippen MR) is 98.7 cm³/mol. The van der Waals surface area contributed by atoms with Gasteiger partial charge in [0.2, 0.25) is 11.8 Å². The molecule has 25 heavy (non-hydrogen) atoms. The first-order chi connectivity index (χ1) is 12.2. The summed E-state index contributed by atoms with van der Waals surface area (Å²) in [6.07, 6.45) is 3.36. The number of carbonyl (C=O) groups is 1. The number of rotatable bonds is 7. The molecule has 0 radical (unpaired) electrons. The zero-order chi connectivity index (χ0) is 17.6. The molecule has 0 aliphatic carbocycles. The van der Waals surface area contributed by atoms with Crippen LogP contribution in [0.5, 0.6) is 5.88 Å². The topological polar surface area (TPSA) is 54.5 Å². The van der Waals surface area contributed by atoms with Gasteiger partial charge in [0.15, 0.2) is 0 Å². The molecule has 1 unspecified atom stereocenters. The molecule has 1 aromatic heterocycles. The summed E-state index contributed by atoms with van der Waals surface area (Å²) in [5.74, 6) is 0.909. The zero-order valence-corrected chi connectivity index (χ0v) is 14.9. The SMILES string of the molecule is CCOc1ncccc1CNC(C)c1ccc(N2CCCC2=O)cc1. The second-order valence-electron chi connectivity index (χ2n) is 6.24. The molecular weight excluding hydrogens is 314 g/mol. The molecule has 0 spiro atoms. The van der Waals surface area contributed by atoms with Gasteiger partial charge in [-0.3, -0.25) is 4.79 Å². The molecule has 2 heterocycles. The van der Waals surface area contributed by atoms with Crippen LogP contribution in [-0.4, -0.2) is 24.0 Å². The van der Waals surface area contributed by atoms with Gasteiger partial charge in [-0.05, 0) is 44.0 Å². The average Bonchev–Trinajstić information content (AvgIpc) is 3.07. The second kappa shape index (κ2) is 8.12. The number of hydrogen-bond donors (Lipinski definition) is 1. The lowest BCUT2D eigenvalue weighted by molar-refractivity contribution is -0.117. The summed E-state index contributed by atoms with van der Waals surface area (Å²) in [5, 5.41) is 3.51. The monoisotopic (exact) mass is 339 g/mol. The van der Waals surface area contributed by atoms with E-state index in [0.717, 1.165) is 24.2 Å². The highest BCUT2D eigenvalue weighted by molar-refractivity contribution is 5.95. The summed E-state index contributed by atoms with van der Waals surface area (Å²) in [5.41, 5.74) is 3.23. The smallest absolute Gasteiger partial charge is 0.227 e. The molecule has 3 rings (SSSR count). The van der Waals surface area contributed by atoms with Gasteiger partial charge < -0.3 is 15.0 Å². The van der Waals surface area contributed by atoms with Gasteiger partial charge in [-0.15, -0.1) is 0 Å². The van der Waals surface area contributed by atoms with Gasteiger partial charge in [0.05, 0.1) is 6.61 Å². The molecular formula is C20H25N3O2. The minimum absolute atomic E-state index is 0.193. The lowest BCUT2D eigenvalue weighted by Crippen LogP contribution is -2.23. The molecule has 1 atom stereocenters. The Morgan fingerprint density at radius 3 is 2.76 bits per heavy atom. The molecule has 132 valence electrons. The van der Waals surface area contributed by atoms with Crippen LogP contribution in [0.25, 0.3) is 0 Å². The Hall–Kier alpha value is -2.40. The summed E-state index contributed by atoms with van der Waals surface area (Å²) in [7, 11) is 0. The number of anilines is 1. The van der Waals surface area contributed by atoms with Crippen molar-refractivity contribution < 1.29 is 9.53 Å². The van der Waals surface area contributed by atoms with Crippen LogP contribution in [0.4, 0.5) is 5.69 Å². The first-order valence-electron chi connectivity index (χ1n) is 8.89. The maximum atomic E-state index is 11.8. The number of pyridine rings is 1. The molecule has 1 amide bonds. The Bertz CT molecular complexity index is 715. The van der Waals surface area contributed by atoms with E-state index in [1.807, 2.05) is 36.1 Å². The van der Waals surface area contributed by atoms with Crippen LogP contribution < -0.4 is 15.0 Å². The van der Waals surface area contributed by atoms with Gasteiger partial charge in [0, 0.05) is 43.0 Å². The van der Waals surface area contributed by atoms with E-state index in [1.165, 1.54) is 5.56 Å². The maximum Gasteiger partial charge on any atom is 0.227 e. The number of aromatic nitrogens is 1. The van der Waals surface area contributed by atoms with Crippen LogP contribution in [0, 0.1) is 0 Å². The lowest BCUT2D eigenvalue weighted by atomic mass is 10.1. The molecule has 1 aromatic carbocycles. The highest BCUT2D eigenvalue weighted by Crippen LogP contribution is 2.24. The highest BCUT2D eigenvalue weighted by Gasteiger charge is 2.21. The second-order valence-corrected chi connectivity index (χ2v) is 6.24. The van der Waals surface area contributed by atoms with Crippen LogP contribution in [0.2, 0.25) is 0 Å². The van der Waals surface area contributed by atoms with E-state index in [9.17, 15) is 4.79 Å². The maximum absolute atomic E-state index is 11.8. The van der Waals surface area contributed by atoms with Crippen molar-refractivity contribution in [3.63, 3.8) is 0 Å². The number of amides is 1. The van der Waals surface area contributed by atoms with E-state index in [2.05, 4.69) is 29.4 Å². The first kappa shape index (κ1) is 17.4. The van der Waals surface area contributed by atoms with Crippen LogP contribution in [0.3, 0.4) is 0 Å². The van der Waals surface area contributed by atoms with Crippen molar-refractivity contribution in [2.45, 2.75) is 39.3 Å². The van der Waals surface area contributed by atoms with E-state index in [0.29, 0.717) is 25.5 Å². The van der Waals surface area contributed by atoms with Crippen molar-refractivity contribution >= 4 is 11.6 Å². The molecule has 1 N–H and O–H groups in total. The molecule has 1 aliphatic rings. The minimum Gasteiger partial charge on any atom is -0.478 e. The number of nitrogens with one attached hydrogen (secondary N) is 1. The fourth-order valence-corrected chi connectivity index (χ4v) is 3.07. The van der Waals surface area contributed by atoms with Crippen LogP contribution in [-0.2, 0) is 11.3 Å². The van der Waals surface area contributed by atoms with Crippen molar-refractivity contribution in [2.75, 3.05) is 18.1 Å². The molecule has 1 aliphatic heterocycles. The third-order valence-corrected chi connectivity index (χ3v) is 4.51. The van der Waals surface area contributed by atoms with Crippen molar-refractivity contribution in [1.82, 2.24) is 10.3 Å². The van der Waals surface area contributed by atoms with E-state index in [-0.39, 0.29) is 11.9 Å². The van der Waals surface area contributed by atoms with Crippen molar-refractivity contribution in [3.8, 4) is 5.88 Å². The van der Waals surface area contributed by atoms with Gasteiger partial charge in [-0.1, -0.05) is 18.2 Å². The normalized spacial score (nSPS) is 15.4. The predicted octanol–water partition coefficient (Wildman–Crippen LogP) is 3.46. The van der Waals surface area contributed by atoms with Gasteiger partial charge >= 0.3 is 0 Å². The summed E-state index contributed by atoms with van der Waals surface area (Å²) >= 11 is 0. The van der Waals surface area contributed by atoms with Gasteiger partial charge in [0.25, 0.3) is 0 Å². The quantitative estimate of drug-likeness (QED) is 0.839. The average molecular weight is 339 g/mol. The zero-order valence-electron chi connectivity index (χ0n) is 14.9. The summed E-state index contributed by atoms with van der Waals surface area (Å²) in [4.78, 5) is 18.0. The summed E-state index contributed by atoms with van der Waals surface area (Å²) in [6.45, 7) is 6.22. The fraction of sp³-hybridized carbons (Fsp3) is 0.400. The molecule has 0 saturated carbocycles. The Balaban J connectivity index is 1.62. The Kier molecular flexibility index (Phi) is 5.66. The molecule has 1 fully saturated rings. The Morgan fingerprint density at radius 2 is 2.08 bits per heavy atom.